The van der Waals surface area contributed by atoms with Gasteiger partial charge in [-0.3, -0.25) is 0 Å². The molecule has 0 saturated heterocycles. The van der Waals surface area contributed by atoms with Crippen molar-refractivity contribution in [3.63, 3.8) is 0 Å². The molecule has 0 fully saturated rings. The van der Waals surface area contributed by atoms with Gasteiger partial charge in [-0.05, 0) is 26.0 Å². The van der Waals surface area contributed by atoms with Crippen molar-refractivity contribution in [2.75, 3.05) is 17.7 Å². The Labute approximate surface area is 120 Å². The summed E-state index contributed by atoms with van der Waals surface area (Å²) in [6.07, 6.45) is -4.43. The van der Waals surface area contributed by atoms with Gasteiger partial charge in [0.05, 0.1) is 11.3 Å². The largest absolute Gasteiger partial charge is 0.418 e. The van der Waals surface area contributed by atoms with Crippen LogP contribution < -0.4 is 10.6 Å². The number of halogens is 3. The number of rotatable bonds is 3. The van der Waals surface area contributed by atoms with E-state index in [2.05, 4.69) is 20.6 Å². The van der Waals surface area contributed by atoms with E-state index in [-0.39, 0.29) is 5.69 Å². The molecule has 1 aromatic heterocycles. The summed E-state index contributed by atoms with van der Waals surface area (Å²) in [6, 6.07) is 5.30. The Bertz CT molecular complexity index is 653. The lowest BCUT2D eigenvalue weighted by Gasteiger charge is -2.16. The third-order valence-corrected chi connectivity index (χ3v) is 2.98. The maximum atomic E-state index is 13.0. The number of alkyl halides is 3. The van der Waals surface area contributed by atoms with Gasteiger partial charge in [-0.1, -0.05) is 12.1 Å². The van der Waals surface area contributed by atoms with Gasteiger partial charge in [0, 0.05) is 12.6 Å². The molecule has 0 aliphatic carbocycles. The van der Waals surface area contributed by atoms with E-state index >= 15 is 0 Å². The summed E-state index contributed by atoms with van der Waals surface area (Å²) < 4.78 is 39.0. The highest BCUT2D eigenvalue weighted by atomic mass is 19.4. The molecule has 0 atom stereocenters. The first-order valence-electron chi connectivity index (χ1n) is 6.29. The van der Waals surface area contributed by atoms with Crippen molar-refractivity contribution < 1.29 is 13.2 Å². The second-order valence-electron chi connectivity index (χ2n) is 4.51. The summed E-state index contributed by atoms with van der Waals surface area (Å²) in [5, 5.41) is 5.65. The Hall–Kier alpha value is -2.31. The molecule has 0 saturated carbocycles. The van der Waals surface area contributed by atoms with Crippen LogP contribution in [-0.2, 0) is 6.18 Å². The zero-order chi connectivity index (χ0) is 15.6. The fraction of sp³-hybridized carbons (Fsp3) is 0.286. The zero-order valence-corrected chi connectivity index (χ0v) is 11.8. The molecule has 7 heteroatoms. The number of benzene rings is 1. The minimum absolute atomic E-state index is 0.0340. The molecule has 0 bridgehead atoms. The van der Waals surface area contributed by atoms with E-state index in [9.17, 15) is 13.2 Å². The average molecular weight is 296 g/mol. The topological polar surface area (TPSA) is 49.8 Å². The van der Waals surface area contributed by atoms with Crippen molar-refractivity contribution in [2.45, 2.75) is 20.0 Å². The first-order chi connectivity index (χ1) is 9.82. The lowest BCUT2D eigenvalue weighted by atomic mass is 10.1. The van der Waals surface area contributed by atoms with Crippen LogP contribution in [0.5, 0.6) is 0 Å². The van der Waals surface area contributed by atoms with Gasteiger partial charge in [0.15, 0.2) is 0 Å². The lowest BCUT2D eigenvalue weighted by Crippen LogP contribution is -2.11. The van der Waals surface area contributed by atoms with Crippen LogP contribution in [0.1, 0.15) is 17.0 Å². The Balaban J connectivity index is 2.47. The Kier molecular flexibility index (Phi) is 4.02. The average Bonchev–Trinajstić information content (AvgIpc) is 2.42. The molecule has 0 aliphatic rings. The van der Waals surface area contributed by atoms with Gasteiger partial charge >= 0.3 is 6.18 Å². The van der Waals surface area contributed by atoms with Crippen LogP contribution in [0.2, 0.25) is 0 Å². The van der Waals surface area contributed by atoms with E-state index in [1.165, 1.54) is 12.1 Å². The van der Waals surface area contributed by atoms with Crippen LogP contribution in [0, 0.1) is 13.8 Å². The fourth-order valence-electron chi connectivity index (χ4n) is 1.96. The second kappa shape index (κ2) is 5.59. The van der Waals surface area contributed by atoms with Crippen LogP contribution in [0.4, 0.5) is 30.5 Å². The van der Waals surface area contributed by atoms with Crippen molar-refractivity contribution in [2.24, 2.45) is 0 Å². The van der Waals surface area contributed by atoms with E-state index in [1.807, 2.05) is 0 Å². The van der Waals surface area contributed by atoms with Crippen molar-refractivity contribution >= 4 is 17.3 Å². The number of aryl methyl sites for hydroxylation is 1. The molecule has 1 aromatic carbocycles. The van der Waals surface area contributed by atoms with Crippen molar-refractivity contribution in [3.05, 3.63) is 41.2 Å². The molecule has 0 amide bonds. The fourth-order valence-corrected chi connectivity index (χ4v) is 1.96. The SMILES string of the molecule is CNc1nc(C)nc(Nc2ccccc2C(F)(F)F)c1C. The summed E-state index contributed by atoms with van der Waals surface area (Å²) in [5.74, 6) is 1.40. The van der Waals surface area contributed by atoms with Crippen molar-refractivity contribution in [1.82, 2.24) is 9.97 Å². The van der Waals surface area contributed by atoms with Gasteiger partial charge in [0.2, 0.25) is 0 Å². The second-order valence-corrected chi connectivity index (χ2v) is 4.51. The predicted octanol–water partition coefficient (Wildman–Crippen LogP) is 3.90. The first kappa shape index (κ1) is 15.1. The molecule has 1 heterocycles. The van der Waals surface area contributed by atoms with Crippen LogP contribution in [-0.4, -0.2) is 17.0 Å². The molecule has 0 radical (unpaired) electrons. The number of nitrogens with one attached hydrogen (secondary N) is 2. The third kappa shape index (κ3) is 3.24. The van der Waals surface area contributed by atoms with E-state index in [1.54, 1.807) is 27.0 Å². The van der Waals surface area contributed by atoms with Crippen LogP contribution >= 0.6 is 0 Å². The molecule has 0 spiro atoms. The van der Waals surface area contributed by atoms with Gasteiger partial charge in [0.1, 0.15) is 17.5 Å². The number of anilines is 3. The monoisotopic (exact) mass is 296 g/mol. The van der Waals surface area contributed by atoms with E-state index in [4.69, 9.17) is 0 Å². The van der Waals surface area contributed by atoms with Gasteiger partial charge in [-0.15, -0.1) is 0 Å². The molecular weight excluding hydrogens is 281 g/mol. The molecule has 2 rings (SSSR count). The van der Waals surface area contributed by atoms with Crippen molar-refractivity contribution in [1.29, 1.82) is 0 Å². The van der Waals surface area contributed by atoms with E-state index < -0.39 is 11.7 Å². The number of para-hydroxylation sites is 1. The highest BCUT2D eigenvalue weighted by Gasteiger charge is 2.33. The molecule has 2 N–H and O–H groups in total. The maximum absolute atomic E-state index is 13.0. The molecule has 0 aliphatic heterocycles. The van der Waals surface area contributed by atoms with Gasteiger partial charge in [-0.25, -0.2) is 9.97 Å². The number of hydrogen-bond acceptors (Lipinski definition) is 4. The minimum Gasteiger partial charge on any atom is -0.373 e. The quantitative estimate of drug-likeness (QED) is 0.902. The molecule has 2 aromatic rings. The van der Waals surface area contributed by atoms with Crippen LogP contribution in [0.3, 0.4) is 0 Å². The van der Waals surface area contributed by atoms with E-state index in [0.717, 1.165) is 6.07 Å². The van der Waals surface area contributed by atoms with Gasteiger partial charge in [0.25, 0.3) is 0 Å². The summed E-state index contributed by atoms with van der Waals surface area (Å²) in [6.45, 7) is 3.42. The highest BCUT2D eigenvalue weighted by molar-refractivity contribution is 5.67. The zero-order valence-electron chi connectivity index (χ0n) is 11.8. The normalized spacial score (nSPS) is 11.3. The lowest BCUT2D eigenvalue weighted by molar-refractivity contribution is -0.136. The molecule has 21 heavy (non-hydrogen) atoms. The van der Waals surface area contributed by atoms with E-state index in [0.29, 0.717) is 23.0 Å². The minimum atomic E-state index is -4.43. The number of aromatic nitrogens is 2. The molecule has 0 unspecified atom stereocenters. The van der Waals surface area contributed by atoms with Crippen LogP contribution in [0.25, 0.3) is 0 Å². The first-order valence-corrected chi connectivity index (χ1v) is 6.29. The Morgan fingerprint density at radius 3 is 2.24 bits per heavy atom. The Morgan fingerprint density at radius 1 is 1.00 bits per heavy atom. The summed E-state index contributed by atoms with van der Waals surface area (Å²) in [5.41, 5.74) is -0.111. The Morgan fingerprint density at radius 2 is 1.62 bits per heavy atom. The van der Waals surface area contributed by atoms with Crippen molar-refractivity contribution in [3.8, 4) is 0 Å². The number of hydrogen-bond donors (Lipinski definition) is 2. The standard InChI is InChI=1S/C14H15F3N4/c1-8-12(18-3)19-9(2)20-13(8)21-11-7-5-4-6-10(11)14(15,16)17/h4-7H,1-3H3,(H2,18,19,20,21). The van der Waals surface area contributed by atoms with Gasteiger partial charge in [-0.2, -0.15) is 13.2 Å². The molecule has 112 valence electrons. The summed E-state index contributed by atoms with van der Waals surface area (Å²) >= 11 is 0. The van der Waals surface area contributed by atoms with Gasteiger partial charge < -0.3 is 10.6 Å². The summed E-state index contributed by atoms with van der Waals surface area (Å²) in [7, 11) is 1.70. The molecular formula is C14H15F3N4. The summed E-state index contributed by atoms with van der Waals surface area (Å²) in [4.78, 5) is 8.35. The third-order valence-electron chi connectivity index (χ3n) is 2.98. The van der Waals surface area contributed by atoms with Crippen LogP contribution in [0.15, 0.2) is 24.3 Å². The predicted molar refractivity (Wildman–Crippen MR) is 75.8 cm³/mol. The maximum Gasteiger partial charge on any atom is 0.418 e. The molecule has 4 nitrogen and oxygen atoms in total. The number of nitrogens with zero attached hydrogens (tertiary/aromatic N) is 2. The smallest absolute Gasteiger partial charge is 0.373 e. The highest BCUT2D eigenvalue weighted by Crippen LogP contribution is 2.36.